The Morgan fingerprint density at radius 1 is 1.18 bits per heavy atom. The van der Waals surface area contributed by atoms with E-state index in [1.807, 2.05) is 0 Å². The van der Waals surface area contributed by atoms with Crippen LogP contribution in [0.1, 0.15) is 45.2 Å². The topological polar surface area (TPSA) is 146 Å². The van der Waals surface area contributed by atoms with E-state index in [0.29, 0.717) is 30.8 Å². The molecule has 1 saturated heterocycles. The number of nitrogens with zero attached hydrogens (tertiary/aromatic N) is 3. The minimum Gasteiger partial charge on any atom is -0.496 e. The Bertz CT molecular complexity index is 1440. The molecule has 3 amide bonds. The summed E-state index contributed by atoms with van der Waals surface area (Å²) in [7, 11) is 1.40. The van der Waals surface area contributed by atoms with Gasteiger partial charge in [0, 0.05) is 25.2 Å². The summed E-state index contributed by atoms with van der Waals surface area (Å²) in [5, 5.41) is 7.31. The zero-order valence-corrected chi connectivity index (χ0v) is 21.2. The number of halogens is 2. The lowest BCUT2D eigenvalue weighted by molar-refractivity contribution is -0.132. The molecule has 3 aromatic rings. The number of amides is 3. The third-order valence-electron chi connectivity index (χ3n) is 7.13. The van der Waals surface area contributed by atoms with Gasteiger partial charge in [0.1, 0.15) is 34.8 Å². The van der Waals surface area contributed by atoms with E-state index in [0.717, 1.165) is 11.6 Å². The lowest BCUT2D eigenvalue weighted by atomic mass is 10.0. The van der Waals surface area contributed by atoms with Crippen LogP contribution in [0, 0.1) is 11.7 Å². The van der Waals surface area contributed by atoms with E-state index in [1.165, 1.54) is 23.9 Å². The minimum absolute atomic E-state index is 0.0741. The van der Waals surface area contributed by atoms with E-state index in [4.69, 9.17) is 16.2 Å². The highest BCUT2D eigenvalue weighted by atomic mass is 19.1. The van der Waals surface area contributed by atoms with Crippen LogP contribution >= 0.6 is 0 Å². The Morgan fingerprint density at radius 3 is 2.54 bits per heavy atom. The number of methoxy groups -OCH3 is 1. The summed E-state index contributed by atoms with van der Waals surface area (Å²) in [6, 6.07) is 10.4. The van der Waals surface area contributed by atoms with Crippen LogP contribution in [0.25, 0.3) is 11.3 Å². The summed E-state index contributed by atoms with van der Waals surface area (Å²) in [6.45, 7) is 0.931. The maximum Gasteiger partial charge on any atom is 0.255 e. The molecular formula is C27H28F2N6O4. The highest BCUT2D eigenvalue weighted by Gasteiger charge is 2.47. The van der Waals surface area contributed by atoms with Crippen LogP contribution < -0.4 is 21.5 Å². The Kier molecular flexibility index (Phi) is 6.94. The van der Waals surface area contributed by atoms with Gasteiger partial charge in [-0.1, -0.05) is 24.3 Å². The van der Waals surface area contributed by atoms with Crippen LogP contribution in [0.5, 0.6) is 5.75 Å². The summed E-state index contributed by atoms with van der Waals surface area (Å²) in [4.78, 5) is 38.9. The molecule has 204 valence electrons. The first-order valence-corrected chi connectivity index (χ1v) is 12.5. The van der Waals surface area contributed by atoms with Crippen molar-refractivity contribution in [1.82, 2.24) is 20.0 Å². The molecule has 2 aromatic carbocycles. The fourth-order valence-corrected chi connectivity index (χ4v) is 4.88. The molecule has 0 bridgehead atoms. The predicted octanol–water partition coefficient (Wildman–Crippen LogP) is 2.44. The van der Waals surface area contributed by atoms with Gasteiger partial charge < -0.3 is 26.4 Å². The van der Waals surface area contributed by atoms with E-state index in [9.17, 15) is 23.2 Å². The van der Waals surface area contributed by atoms with Gasteiger partial charge in [-0.2, -0.15) is 5.10 Å². The number of alkyl halides is 1. The highest BCUT2D eigenvalue weighted by molar-refractivity contribution is 6.03. The SMILES string of the molecule is COc1ccc(F)cc1C(=O)NCc1ccc(-c2nn([C@@H]3CCN(C(=O)[C@@H]4C[C@H]4F)C3)c(N)c2C(N)=O)cc1. The van der Waals surface area contributed by atoms with Crippen LogP contribution in [0.4, 0.5) is 14.6 Å². The average molecular weight is 539 g/mol. The van der Waals surface area contributed by atoms with E-state index in [-0.39, 0.29) is 47.6 Å². The number of carbonyl (C=O) groups is 3. The van der Waals surface area contributed by atoms with Crippen LogP contribution in [-0.2, 0) is 11.3 Å². The van der Waals surface area contributed by atoms with E-state index < -0.39 is 29.7 Å². The molecule has 1 aliphatic heterocycles. The van der Waals surface area contributed by atoms with Crippen LogP contribution in [-0.4, -0.2) is 58.8 Å². The van der Waals surface area contributed by atoms with Gasteiger partial charge >= 0.3 is 0 Å². The Morgan fingerprint density at radius 2 is 1.90 bits per heavy atom. The monoisotopic (exact) mass is 538 g/mol. The average Bonchev–Trinajstić information content (AvgIpc) is 3.30. The number of carbonyl (C=O) groups excluding carboxylic acids is 3. The number of likely N-dealkylation sites (tertiary alicyclic amines) is 1. The first-order chi connectivity index (χ1) is 18.7. The molecule has 0 spiro atoms. The number of rotatable bonds is 8. The van der Waals surface area contributed by atoms with E-state index in [1.54, 1.807) is 29.2 Å². The quantitative estimate of drug-likeness (QED) is 0.402. The number of primary amides is 1. The number of hydrogen-bond donors (Lipinski definition) is 3. The van der Waals surface area contributed by atoms with Gasteiger partial charge in [-0.25, -0.2) is 13.5 Å². The molecule has 1 aliphatic carbocycles. The molecule has 2 fully saturated rings. The second-order valence-corrected chi connectivity index (χ2v) is 9.73. The maximum absolute atomic E-state index is 13.6. The molecule has 1 saturated carbocycles. The lowest BCUT2D eigenvalue weighted by Crippen LogP contribution is -2.31. The van der Waals surface area contributed by atoms with Gasteiger partial charge in [0.2, 0.25) is 5.91 Å². The summed E-state index contributed by atoms with van der Waals surface area (Å²) in [6.07, 6.45) is -0.244. The van der Waals surface area contributed by atoms with E-state index in [2.05, 4.69) is 10.4 Å². The molecule has 5 rings (SSSR count). The standard InChI is InChI=1S/C27H28F2N6O4/c1-39-21-7-6-16(28)10-19(21)26(37)32-12-14-2-4-15(5-3-14)23-22(25(31)36)24(30)35(33-23)17-8-9-34(13-17)27(38)18-11-20(18)29/h2-7,10,17-18,20H,8-9,11-13,30H2,1H3,(H2,31,36)(H,32,37)/t17-,18-,20-/m1/s1. The third-order valence-corrected chi connectivity index (χ3v) is 7.13. The van der Waals surface area contributed by atoms with Gasteiger partial charge in [-0.05, 0) is 36.6 Å². The maximum atomic E-state index is 13.6. The Balaban J connectivity index is 1.31. The van der Waals surface area contributed by atoms with Crippen molar-refractivity contribution in [2.24, 2.45) is 11.7 Å². The van der Waals surface area contributed by atoms with Gasteiger partial charge in [-0.3, -0.25) is 14.4 Å². The molecule has 12 heteroatoms. The molecular weight excluding hydrogens is 510 g/mol. The van der Waals surface area contributed by atoms with Crippen molar-refractivity contribution in [3.8, 4) is 17.0 Å². The minimum atomic E-state index is -1.07. The highest BCUT2D eigenvalue weighted by Crippen LogP contribution is 2.38. The van der Waals surface area contributed by atoms with Crippen molar-refractivity contribution in [1.29, 1.82) is 0 Å². The first kappa shape index (κ1) is 26.1. The second-order valence-electron chi connectivity index (χ2n) is 9.73. The van der Waals surface area contributed by atoms with Crippen LogP contribution in [0.15, 0.2) is 42.5 Å². The summed E-state index contributed by atoms with van der Waals surface area (Å²) in [5.41, 5.74) is 13.7. The summed E-state index contributed by atoms with van der Waals surface area (Å²) >= 11 is 0. The second kappa shape index (κ2) is 10.4. The third kappa shape index (κ3) is 5.14. The summed E-state index contributed by atoms with van der Waals surface area (Å²) < 4.78 is 33.6. The number of nitrogens with one attached hydrogen (secondary N) is 1. The number of ether oxygens (including phenoxy) is 1. The number of anilines is 1. The first-order valence-electron chi connectivity index (χ1n) is 12.5. The lowest BCUT2D eigenvalue weighted by Gasteiger charge is -2.17. The molecule has 0 unspecified atom stereocenters. The van der Waals surface area contributed by atoms with E-state index >= 15 is 0 Å². The van der Waals surface area contributed by atoms with Crippen molar-refractivity contribution < 1.29 is 27.9 Å². The Labute approximate surface area is 222 Å². The number of hydrogen-bond acceptors (Lipinski definition) is 6. The molecule has 1 aromatic heterocycles. The van der Waals surface area contributed by atoms with Crippen LogP contribution in [0.3, 0.4) is 0 Å². The van der Waals surface area contributed by atoms with Crippen molar-refractivity contribution in [3.05, 3.63) is 65.0 Å². The fourth-order valence-electron chi connectivity index (χ4n) is 4.88. The fraction of sp³-hybridized carbons (Fsp3) is 0.333. The molecule has 5 N–H and O–H groups in total. The van der Waals surface area contributed by atoms with Gasteiger partial charge in [0.15, 0.2) is 0 Å². The predicted molar refractivity (Wildman–Crippen MR) is 138 cm³/mol. The number of aromatic nitrogens is 2. The largest absolute Gasteiger partial charge is 0.496 e. The number of benzene rings is 2. The Hall–Kier alpha value is -4.48. The van der Waals surface area contributed by atoms with Gasteiger partial charge in [-0.15, -0.1) is 0 Å². The molecule has 3 atom stereocenters. The normalized spacial score (nSPS) is 20.1. The number of nitrogen functional groups attached to an aromatic ring is 1. The molecule has 0 radical (unpaired) electrons. The zero-order valence-electron chi connectivity index (χ0n) is 21.2. The molecule has 10 nitrogen and oxygen atoms in total. The van der Waals surface area contributed by atoms with Gasteiger partial charge in [0.25, 0.3) is 11.8 Å². The number of nitrogens with two attached hydrogens (primary N) is 2. The van der Waals surface area contributed by atoms with Crippen LogP contribution in [0.2, 0.25) is 0 Å². The van der Waals surface area contributed by atoms with Crippen molar-refractivity contribution in [3.63, 3.8) is 0 Å². The zero-order chi connectivity index (χ0) is 27.8. The molecule has 39 heavy (non-hydrogen) atoms. The van der Waals surface area contributed by atoms with Crippen molar-refractivity contribution in [2.45, 2.75) is 31.6 Å². The summed E-state index contributed by atoms with van der Waals surface area (Å²) in [5.74, 6) is -2.19. The molecule has 2 heterocycles. The van der Waals surface area contributed by atoms with Gasteiger partial charge in [0.05, 0.1) is 24.6 Å². The van der Waals surface area contributed by atoms with Crippen molar-refractivity contribution in [2.75, 3.05) is 25.9 Å². The molecule has 2 aliphatic rings. The smallest absolute Gasteiger partial charge is 0.255 e. The van der Waals surface area contributed by atoms with Crippen molar-refractivity contribution >= 4 is 23.5 Å².